The maximum atomic E-state index is 13.0. The first-order valence-electron chi connectivity index (χ1n) is 11.8. The van der Waals surface area contributed by atoms with Crippen LogP contribution in [0.4, 0.5) is 0 Å². The minimum atomic E-state index is -2.88. The van der Waals surface area contributed by atoms with E-state index in [-0.39, 0.29) is 24.5 Å². The number of allylic oxidation sites excluding steroid dienone is 1. The number of aliphatic hydroxyl groups is 1. The maximum Gasteiger partial charge on any atom is 0.725 e. The van der Waals surface area contributed by atoms with Gasteiger partial charge in [0.1, 0.15) is 25.1 Å². The Balaban J connectivity index is 1.55. The predicted molar refractivity (Wildman–Crippen MR) is 132 cm³/mol. The molecule has 1 aliphatic carbocycles. The van der Waals surface area contributed by atoms with Gasteiger partial charge in [-0.3, -0.25) is 4.79 Å². The van der Waals surface area contributed by atoms with Gasteiger partial charge in [0.25, 0.3) is 0 Å². The largest absolute Gasteiger partial charge is 0.725 e. The molecule has 0 spiro atoms. The molecule has 2 aliphatic rings. The molecule has 1 fully saturated rings. The number of hydrogen-bond acceptors (Lipinski definition) is 7. The van der Waals surface area contributed by atoms with Crippen molar-refractivity contribution < 1.29 is 33.7 Å². The van der Waals surface area contributed by atoms with Crippen molar-refractivity contribution >= 4 is 19.9 Å². The molecule has 1 aliphatic heterocycles. The first-order valence-corrected chi connectivity index (χ1v) is 13.0. The number of aryl methyl sites for hydroxylation is 3. The Kier molecular flexibility index (Phi) is 8.83. The molecule has 0 saturated heterocycles. The van der Waals surface area contributed by atoms with Gasteiger partial charge < -0.3 is 9.84 Å². The number of carbonyl (C=O) groups is 1. The summed E-state index contributed by atoms with van der Waals surface area (Å²) in [6.45, 7) is 14.8. The number of fused-ring (bicyclic) bond motifs is 1. The number of aliphatic hydroxyl groups excluding tert-OH is 1. The summed E-state index contributed by atoms with van der Waals surface area (Å²) < 4.78 is 20.2. The second-order valence-electron chi connectivity index (χ2n) is 10.0. The highest BCUT2D eigenvalue weighted by Crippen LogP contribution is 2.63. The molecule has 4 atom stereocenters. The summed E-state index contributed by atoms with van der Waals surface area (Å²) in [5.74, 6) is 1.64. The zero-order chi connectivity index (χ0) is 25.9. The van der Waals surface area contributed by atoms with E-state index in [0.29, 0.717) is 37.0 Å². The highest BCUT2D eigenvalue weighted by molar-refractivity contribution is 7.31. The molecule has 1 aromatic rings. The minimum absolute atomic E-state index is 0.000318. The topological polar surface area (TPSA) is 118 Å². The zero-order valence-electron chi connectivity index (χ0n) is 21.1. The van der Waals surface area contributed by atoms with E-state index < -0.39 is 14.4 Å². The van der Waals surface area contributed by atoms with Gasteiger partial charge in [-0.15, -0.1) is 4.89 Å². The van der Waals surface area contributed by atoms with Crippen LogP contribution >= 0.6 is 8.25 Å². The number of nitrogens with zero attached hydrogens (tertiary/aromatic N) is 2. The van der Waals surface area contributed by atoms with Crippen LogP contribution in [-0.2, 0) is 25.3 Å². The minimum Gasteiger partial charge on any atom is -0.490 e. The zero-order valence-corrected chi connectivity index (χ0v) is 22.0. The Labute approximate surface area is 207 Å². The van der Waals surface area contributed by atoms with E-state index in [2.05, 4.69) is 35.1 Å². The molecule has 9 nitrogen and oxygen atoms in total. The maximum absolute atomic E-state index is 13.0. The SMILES string of the molecule is C=C1/C(C)=N\N(C(=O)CCc2cc(C)c(OCC(O)COO[P+](=O)O)c(C)c2)CCC2C1C2(C)C. The molecule has 1 saturated carbocycles. The monoisotopic (exact) mass is 507 g/mol. The smallest absolute Gasteiger partial charge is 0.490 e. The molecule has 2 N–H and O–H groups in total. The third kappa shape index (κ3) is 6.74. The van der Waals surface area contributed by atoms with Gasteiger partial charge in [-0.05, 0) is 73.1 Å². The second kappa shape index (κ2) is 11.3. The number of hydrogen-bond donors (Lipinski definition) is 2. The van der Waals surface area contributed by atoms with Gasteiger partial charge in [0.2, 0.25) is 5.91 Å². The fourth-order valence-electron chi connectivity index (χ4n) is 5.11. The summed E-state index contributed by atoms with van der Waals surface area (Å²) in [7, 11) is -2.88. The lowest BCUT2D eigenvalue weighted by atomic mass is 10.0. The molecule has 4 unspecified atom stereocenters. The van der Waals surface area contributed by atoms with E-state index in [1.54, 1.807) is 5.01 Å². The van der Waals surface area contributed by atoms with E-state index in [9.17, 15) is 14.5 Å². The standard InChI is InChI=1S/C25H35N2O7P/c1-15-11-19(12-16(2)24(15)32-13-20(28)14-33-34-35(30)31)7-8-22(29)27-10-9-21-23(25(21,5)6)17(3)18(4)26-27/h11-12,20-21,23,28H,3,7-10,13-14H2,1-2,4-6H3/p+1/b26-18-. The second-order valence-corrected chi connectivity index (χ2v) is 10.7. The van der Waals surface area contributed by atoms with Gasteiger partial charge in [-0.2, -0.15) is 9.99 Å². The average molecular weight is 508 g/mol. The van der Waals surface area contributed by atoms with Gasteiger partial charge in [0, 0.05) is 17.5 Å². The van der Waals surface area contributed by atoms with Crippen molar-refractivity contribution in [3.8, 4) is 5.75 Å². The van der Waals surface area contributed by atoms with Crippen LogP contribution in [0.3, 0.4) is 0 Å². The van der Waals surface area contributed by atoms with E-state index in [0.717, 1.165) is 34.4 Å². The highest BCUT2D eigenvalue weighted by Gasteiger charge is 2.58. The van der Waals surface area contributed by atoms with Crippen molar-refractivity contribution in [1.29, 1.82) is 0 Å². The van der Waals surface area contributed by atoms with Crippen LogP contribution in [0.2, 0.25) is 0 Å². The number of carbonyl (C=O) groups excluding carboxylic acids is 1. The van der Waals surface area contributed by atoms with E-state index in [4.69, 9.17) is 9.63 Å². The van der Waals surface area contributed by atoms with Crippen LogP contribution in [0.5, 0.6) is 5.75 Å². The molecule has 10 heteroatoms. The Morgan fingerprint density at radius 1 is 1.29 bits per heavy atom. The van der Waals surface area contributed by atoms with Gasteiger partial charge in [-0.25, -0.2) is 5.01 Å². The molecule has 35 heavy (non-hydrogen) atoms. The molecule has 0 bridgehead atoms. The normalized spacial score (nSPS) is 24.0. The van der Waals surface area contributed by atoms with Crippen molar-refractivity contribution in [1.82, 2.24) is 5.01 Å². The van der Waals surface area contributed by atoms with Crippen molar-refractivity contribution in [3.05, 3.63) is 41.0 Å². The molecule has 1 aromatic carbocycles. The fourth-order valence-corrected chi connectivity index (χ4v) is 5.26. The molecule has 1 heterocycles. The van der Waals surface area contributed by atoms with Crippen molar-refractivity contribution in [2.75, 3.05) is 19.8 Å². The molecular formula is C25H36N2O7P+. The predicted octanol–water partition coefficient (Wildman–Crippen LogP) is 4.01. The average Bonchev–Trinajstić information content (AvgIpc) is 3.31. The van der Waals surface area contributed by atoms with Crippen LogP contribution in [0.1, 0.15) is 50.3 Å². The summed E-state index contributed by atoms with van der Waals surface area (Å²) in [6.07, 6.45) is 0.834. The van der Waals surface area contributed by atoms with Crippen LogP contribution in [0.15, 0.2) is 29.4 Å². The first kappa shape index (κ1) is 27.4. The van der Waals surface area contributed by atoms with Gasteiger partial charge in [-0.1, -0.05) is 32.6 Å². The number of benzene rings is 1. The Morgan fingerprint density at radius 3 is 2.57 bits per heavy atom. The molecule has 0 radical (unpaired) electrons. The third-order valence-corrected chi connectivity index (χ3v) is 7.28. The lowest BCUT2D eigenvalue weighted by Crippen LogP contribution is -2.30. The number of amides is 1. The van der Waals surface area contributed by atoms with Crippen LogP contribution < -0.4 is 4.74 Å². The quantitative estimate of drug-likeness (QED) is 0.279. The fraction of sp³-hybridized carbons (Fsp3) is 0.600. The summed E-state index contributed by atoms with van der Waals surface area (Å²) in [4.78, 5) is 26.0. The van der Waals surface area contributed by atoms with Crippen LogP contribution in [0, 0.1) is 31.1 Å². The van der Waals surface area contributed by atoms with Gasteiger partial charge in [0.15, 0.2) is 0 Å². The first-order chi connectivity index (χ1) is 16.4. The summed E-state index contributed by atoms with van der Waals surface area (Å²) >= 11 is 0. The number of ether oxygens (including phenoxy) is 1. The molecule has 1 amide bonds. The summed E-state index contributed by atoms with van der Waals surface area (Å²) in [6, 6.07) is 3.94. The van der Waals surface area contributed by atoms with Crippen molar-refractivity contribution in [2.24, 2.45) is 22.4 Å². The Bertz CT molecular complexity index is 1000. The third-order valence-electron chi connectivity index (χ3n) is 7.05. The molecule has 3 rings (SSSR count). The van der Waals surface area contributed by atoms with E-state index in [1.165, 1.54) is 0 Å². The lowest BCUT2D eigenvalue weighted by Gasteiger charge is -2.21. The van der Waals surface area contributed by atoms with Gasteiger partial charge in [0.05, 0.1) is 10.4 Å². The van der Waals surface area contributed by atoms with Gasteiger partial charge >= 0.3 is 8.25 Å². The van der Waals surface area contributed by atoms with E-state index >= 15 is 0 Å². The molecule has 192 valence electrons. The van der Waals surface area contributed by atoms with Crippen molar-refractivity contribution in [2.45, 2.75) is 60.0 Å². The number of hydrazone groups is 1. The van der Waals surface area contributed by atoms with Crippen LogP contribution in [-0.4, -0.2) is 52.5 Å². The molecule has 0 aromatic heterocycles. The lowest BCUT2D eigenvalue weighted by molar-refractivity contribution is -0.226. The summed E-state index contributed by atoms with van der Waals surface area (Å²) in [5, 5.41) is 16.1. The number of rotatable bonds is 10. The van der Waals surface area contributed by atoms with E-state index in [1.807, 2.05) is 32.9 Å². The van der Waals surface area contributed by atoms with Crippen LogP contribution in [0.25, 0.3) is 0 Å². The van der Waals surface area contributed by atoms with Crippen molar-refractivity contribution in [3.63, 3.8) is 0 Å². The Hall–Kier alpha value is -2.16. The summed E-state index contributed by atoms with van der Waals surface area (Å²) in [5.41, 5.74) is 4.90. The Morgan fingerprint density at radius 2 is 1.94 bits per heavy atom. The highest BCUT2D eigenvalue weighted by atomic mass is 31.1. The molecular weight excluding hydrogens is 471 g/mol.